The van der Waals surface area contributed by atoms with Gasteiger partial charge >= 0.3 is 5.97 Å². The number of carbonyl (C=O) groups is 1. The van der Waals surface area contributed by atoms with E-state index >= 15 is 0 Å². The van der Waals surface area contributed by atoms with Crippen LogP contribution in [0.25, 0.3) is 10.9 Å². The van der Waals surface area contributed by atoms with E-state index in [9.17, 15) is 9.59 Å². The molecule has 2 aromatic carbocycles. The summed E-state index contributed by atoms with van der Waals surface area (Å²) in [6, 6.07) is 14.0. The molecule has 0 spiro atoms. The minimum atomic E-state index is -0.396. The molecule has 8 nitrogen and oxygen atoms in total. The summed E-state index contributed by atoms with van der Waals surface area (Å²) < 4.78 is 11.3. The van der Waals surface area contributed by atoms with E-state index in [0.29, 0.717) is 42.0 Å². The zero-order valence-electron chi connectivity index (χ0n) is 16.3. The predicted molar refractivity (Wildman–Crippen MR) is 111 cm³/mol. The molecule has 0 aliphatic carbocycles. The van der Waals surface area contributed by atoms with Crippen LogP contribution in [-0.2, 0) is 16.0 Å². The normalized spacial score (nSPS) is 11.1. The number of anilines is 1. The first-order chi connectivity index (χ1) is 14.1. The fourth-order valence-corrected chi connectivity index (χ4v) is 2.82. The lowest BCUT2D eigenvalue weighted by Crippen LogP contribution is -2.24. The van der Waals surface area contributed by atoms with E-state index in [4.69, 9.17) is 4.74 Å². The summed E-state index contributed by atoms with van der Waals surface area (Å²) in [5.74, 6) is -0.0423. The van der Waals surface area contributed by atoms with E-state index in [1.807, 2.05) is 12.1 Å². The molecule has 0 fully saturated rings. The Morgan fingerprint density at radius 1 is 1.17 bits per heavy atom. The van der Waals surface area contributed by atoms with Gasteiger partial charge < -0.3 is 9.47 Å². The Kier molecular flexibility index (Phi) is 6.70. The van der Waals surface area contributed by atoms with Gasteiger partial charge in [0, 0.05) is 20.3 Å². The van der Waals surface area contributed by atoms with Crippen LogP contribution in [0.1, 0.15) is 22.3 Å². The molecular formula is C21H22N4O4. The second-order valence-corrected chi connectivity index (χ2v) is 6.24. The van der Waals surface area contributed by atoms with E-state index in [-0.39, 0.29) is 5.56 Å². The number of nitrogens with zero attached hydrogens (tertiary/aromatic N) is 3. The molecule has 0 bridgehead atoms. The molecule has 8 heteroatoms. The number of carbonyl (C=O) groups excluding carboxylic acids is 1. The van der Waals surface area contributed by atoms with Crippen LogP contribution in [0.2, 0.25) is 0 Å². The number of methoxy groups -OCH3 is 2. The summed E-state index contributed by atoms with van der Waals surface area (Å²) in [6.07, 6.45) is 2.26. The molecule has 1 aromatic heterocycles. The number of rotatable bonds is 8. The van der Waals surface area contributed by atoms with Crippen molar-refractivity contribution in [2.75, 3.05) is 26.3 Å². The van der Waals surface area contributed by atoms with Crippen LogP contribution in [0.4, 0.5) is 5.95 Å². The zero-order valence-corrected chi connectivity index (χ0v) is 16.3. The minimum absolute atomic E-state index is 0.133. The van der Waals surface area contributed by atoms with E-state index in [1.54, 1.807) is 54.3 Å². The Morgan fingerprint density at radius 3 is 2.66 bits per heavy atom. The number of aromatic nitrogens is 2. The first-order valence-corrected chi connectivity index (χ1v) is 9.10. The highest BCUT2D eigenvalue weighted by atomic mass is 16.5. The van der Waals surface area contributed by atoms with Crippen molar-refractivity contribution < 1.29 is 14.3 Å². The van der Waals surface area contributed by atoms with Gasteiger partial charge in [-0.15, -0.1) is 0 Å². The quantitative estimate of drug-likeness (QED) is 0.273. The molecule has 1 N–H and O–H groups in total. The van der Waals surface area contributed by atoms with Gasteiger partial charge in [0.1, 0.15) is 0 Å². The first kappa shape index (κ1) is 20.2. The summed E-state index contributed by atoms with van der Waals surface area (Å²) in [5.41, 5.74) is 4.56. The molecule has 0 radical (unpaired) electrons. The summed E-state index contributed by atoms with van der Waals surface area (Å²) in [4.78, 5) is 28.9. The van der Waals surface area contributed by atoms with Crippen molar-refractivity contribution in [2.24, 2.45) is 5.10 Å². The number of esters is 1. The lowest BCUT2D eigenvalue weighted by atomic mass is 10.1. The second kappa shape index (κ2) is 9.61. The molecule has 3 rings (SSSR count). The molecule has 29 heavy (non-hydrogen) atoms. The van der Waals surface area contributed by atoms with Crippen molar-refractivity contribution >= 4 is 29.0 Å². The van der Waals surface area contributed by atoms with Gasteiger partial charge in [-0.2, -0.15) is 5.10 Å². The third kappa shape index (κ3) is 4.85. The second-order valence-electron chi connectivity index (χ2n) is 6.24. The van der Waals surface area contributed by atoms with Crippen molar-refractivity contribution in [1.29, 1.82) is 0 Å². The van der Waals surface area contributed by atoms with Gasteiger partial charge in [0.2, 0.25) is 5.95 Å². The van der Waals surface area contributed by atoms with Crippen LogP contribution in [0, 0.1) is 0 Å². The van der Waals surface area contributed by atoms with Crippen molar-refractivity contribution in [1.82, 2.24) is 9.55 Å². The van der Waals surface area contributed by atoms with Gasteiger partial charge in [-0.25, -0.2) is 15.2 Å². The van der Waals surface area contributed by atoms with Crippen molar-refractivity contribution in [2.45, 2.75) is 13.0 Å². The number of benzene rings is 2. The fourth-order valence-electron chi connectivity index (χ4n) is 2.82. The fraction of sp³-hybridized carbons (Fsp3) is 0.238. The average molecular weight is 394 g/mol. The average Bonchev–Trinajstić information content (AvgIpc) is 2.76. The summed E-state index contributed by atoms with van der Waals surface area (Å²) in [5, 5.41) is 4.75. The molecule has 1 heterocycles. The Labute approximate surface area is 167 Å². The van der Waals surface area contributed by atoms with Crippen LogP contribution in [0.3, 0.4) is 0 Å². The summed E-state index contributed by atoms with van der Waals surface area (Å²) in [6.45, 7) is 0.991. The van der Waals surface area contributed by atoms with Crippen molar-refractivity contribution in [3.05, 3.63) is 70.0 Å². The van der Waals surface area contributed by atoms with E-state index < -0.39 is 5.97 Å². The van der Waals surface area contributed by atoms with Gasteiger partial charge in [-0.3, -0.25) is 9.36 Å². The number of hydrogen-bond acceptors (Lipinski definition) is 7. The lowest BCUT2D eigenvalue weighted by molar-refractivity contribution is 0.0600. The number of fused-ring (bicyclic) bond motifs is 1. The molecule has 3 aromatic rings. The lowest BCUT2D eigenvalue weighted by Gasteiger charge is -2.12. The van der Waals surface area contributed by atoms with Crippen molar-refractivity contribution in [3.63, 3.8) is 0 Å². The summed E-state index contributed by atoms with van der Waals surface area (Å²) in [7, 11) is 2.96. The third-order valence-corrected chi connectivity index (χ3v) is 4.30. The Balaban J connectivity index is 1.84. The maximum Gasteiger partial charge on any atom is 0.337 e. The highest BCUT2D eigenvalue weighted by Gasteiger charge is 2.10. The van der Waals surface area contributed by atoms with Gasteiger partial charge in [0.05, 0.1) is 29.8 Å². The van der Waals surface area contributed by atoms with Crippen LogP contribution < -0.4 is 11.0 Å². The predicted octanol–water partition coefficient (Wildman–Crippen LogP) is 2.67. The van der Waals surface area contributed by atoms with Crippen LogP contribution in [0.15, 0.2) is 58.4 Å². The molecule has 0 aliphatic rings. The van der Waals surface area contributed by atoms with Gasteiger partial charge in [0.15, 0.2) is 0 Å². The first-order valence-electron chi connectivity index (χ1n) is 9.10. The standard InChI is InChI=1S/C21H22N4O4/c1-28-13-5-12-25-19(26)17-6-3-4-7-18(17)23-21(25)24-22-14-15-8-10-16(11-9-15)20(27)29-2/h3-4,6-11,14H,5,12-13H2,1-2H3,(H,23,24)/b22-14-. The number of hydrazone groups is 1. The maximum absolute atomic E-state index is 12.9. The Bertz CT molecular complexity index is 1070. The topological polar surface area (TPSA) is 94.8 Å². The smallest absolute Gasteiger partial charge is 0.337 e. The zero-order chi connectivity index (χ0) is 20.6. The largest absolute Gasteiger partial charge is 0.465 e. The van der Waals surface area contributed by atoms with Gasteiger partial charge in [-0.1, -0.05) is 24.3 Å². The SMILES string of the molecule is COCCCn1c(N/N=C\c2ccc(C(=O)OC)cc2)nc2ccccc2c1=O. The van der Waals surface area contributed by atoms with Gasteiger partial charge in [0.25, 0.3) is 5.56 Å². The van der Waals surface area contributed by atoms with Gasteiger partial charge in [-0.05, 0) is 36.2 Å². The monoisotopic (exact) mass is 394 g/mol. The highest BCUT2D eigenvalue weighted by Crippen LogP contribution is 2.12. The van der Waals surface area contributed by atoms with E-state index in [1.165, 1.54) is 7.11 Å². The summed E-state index contributed by atoms with van der Waals surface area (Å²) >= 11 is 0. The molecule has 0 aliphatic heterocycles. The van der Waals surface area contributed by atoms with Crippen LogP contribution in [-0.4, -0.2) is 42.6 Å². The molecule has 0 saturated heterocycles. The molecule has 150 valence electrons. The number of ether oxygens (including phenoxy) is 2. The minimum Gasteiger partial charge on any atom is -0.465 e. The van der Waals surface area contributed by atoms with E-state index in [0.717, 1.165) is 5.56 Å². The Hall–Kier alpha value is -3.52. The van der Waals surface area contributed by atoms with E-state index in [2.05, 4.69) is 20.2 Å². The van der Waals surface area contributed by atoms with Crippen LogP contribution >= 0.6 is 0 Å². The molecule has 0 saturated carbocycles. The molecule has 0 amide bonds. The Morgan fingerprint density at radius 2 is 1.93 bits per heavy atom. The highest BCUT2D eigenvalue weighted by molar-refractivity contribution is 5.90. The maximum atomic E-state index is 12.9. The number of hydrogen-bond donors (Lipinski definition) is 1. The van der Waals surface area contributed by atoms with Crippen LogP contribution in [0.5, 0.6) is 0 Å². The number of para-hydroxylation sites is 1. The molecular weight excluding hydrogens is 372 g/mol. The van der Waals surface area contributed by atoms with Crippen molar-refractivity contribution in [3.8, 4) is 0 Å². The third-order valence-electron chi connectivity index (χ3n) is 4.30. The molecule has 0 unspecified atom stereocenters. The molecule has 0 atom stereocenters. The number of nitrogens with one attached hydrogen (secondary N) is 1.